The van der Waals surface area contributed by atoms with Crippen LogP contribution >= 0.6 is 11.6 Å². The molecule has 1 aliphatic heterocycles. The summed E-state index contributed by atoms with van der Waals surface area (Å²) in [7, 11) is 1.26. The highest BCUT2D eigenvalue weighted by atomic mass is 35.5. The lowest BCUT2D eigenvalue weighted by atomic mass is 9.87. The van der Waals surface area contributed by atoms with E-state index in [1.807, 2.05) is 0 Å². The number of anilines is 1. The fraction of sp³-hybridized carbons (Fsp3) is 0.440. The van der Waals surface area contributed by atoms with Gasteiger partial charge in [-0.05, 0) is 30.7 Å². The quantitative estimate of drug-likeness (QED) is 0.444. The molecular weight excluding hydrogens is 513 g/mol. The summed E-state index contributed by atoms with van der Waals surface area (Å²) < 4.78 is 46.3. The molecule has 4 atom stereocenters. The molecule has 2 amide bonds. The number of hydrogen-bond donors (Lipinski definition) is 3. The maximum absolute atomic E-state index is 14.4. The number of carbonyl (C=O) groups is 2. The number of aliphatic hydroxyl groups is 1. The van der Waals surface area contributed by atoms with Crippen LogP contribution in [0.1, 0.15) is 30.9 Å². The standard InChI is InChI=1S/C25H28ClF3N4O4/c1-37-24(36)32-13-15(30)10-20(32)23(35)33(17-6-4-5-14(27)9-17)21(18-7-2-3-8-19(18)26)22(34)31-16-11-25(28,29)12-16/h2-9,15-16,20-21,24,36H,10-13,30H2,1H3,(H,31,34)/t15-,20-,21-,24?/m0/s1. The zero-order valence-electron chi connectivity index (χ0n) is 20.0. The van der Waals surface area contributed by atoms with E-state index in [2.05, 4.69) is 5.32 Å². The highest BCUT2D eigenvalue weighted by Gasteiger charge is 2.48. The third-order valence-corrected chi connectivity index (χ3v) is 6.96. The number of alkyl halides is 2. The minimum Gasteiger partial charge on any atom is -0.356 e. The fourth-order valence-corrected chi connectivity index (χ4v) is 5.08. The first-order chi connectivity index (χ1) is 17.5. The summed E-state index contributed by atoms with van der Waals surface area (Å²) in [6, 6.07) is 7.63. The maximum Gasteiger partial charge on any atom is 0.252 e. The molecule has 0 bridgehead atoms. The van der Waals surface area contributed by atoms with Gasteiger partial charge in [-0.3, -0.25) is 14.5 Å². The van der Waals surface area contributed by atoms with E-state index in [-0.39, 0.29) is 29.2 Å². The summed E-state index contributed by atoms with van der Waals surface area (Å²) in [5.74, 6) is -4.97. The van der Waals surface area contributed by atoms with Gasteiger partial charge in [0.1, 0.15) is 11.9 Å². The Morgan fingerprint density at radius 3 is 2.57 bits per heavy atom. The predicted molar refractivity (Wildman–Crippen MR) is 130 cm³/mol. The number of methoxy groups -OCH3 is 1. The molecule has 37 heavy (non-hydrogen) atoms. The van der Waals surface area contributed by atoms with Crippen molar-refractivity contribution in [2.24, 2.45) is 5.73 Å². The number of benzene rings is 2. The van der Waals surface area contributed by atoms with Crippen LogP contribution in [0.3, 0.4) is 0 Å². The maximum atomic E-state index is 14.4. The molecule has 1 saturated heterocycles. The number of hydrogen-bond acceptors (Lipinski definition) is 6. The summed E-state index contributed by atoms with van der Waals surface area (Å²) >= 11 is 6.44. The average molecular weight is 541 g/mol. The summed E-state index contributed by atoms with van der Waals surface area (Å²) in [6.07, 6.45) is -2.40. The molecule has 1 heterocycles. The molecule has 0 spiro atoms. The first-order valence-electron chi connectivity index (χ1n) is 11.7. The van der Waals surface area contributed by atoms with Crippen LogP contribution in [0.2, 0.25) is 5.02 Å². The van der Waals surface area contributed by atoms with E-state index in [4.69, 9.17) is 22.1 Å². The number of nitrogens with zero attached hydrogens (tertiary/aromatic N) is 2. The van der Waals surface area contributed by atoms with Gasteiger partial charge >= 0.3 is 0 Å². The summed E-state index contributed by atoms with van der Waals surface area (Å²) in [4.78, 5) is 30.2. The van der Waals surface area contributed by atoms with Gasteiger partial charge in [0, 0.05) is 54.9 Å². The number of ether oxygens (including phenoxy) is 1. The molecule has 0 radical (unpaired) electrons. The van der Waals surface area contributed by atoms with Crippen molar-refractivity contribution in [3.63, 3.8) is 0 Å². The van der Waals surface area contributed by atoms with Crippen molar-refractivity contribution in [1.29, 1.82) is 0 Å². The van der Waals surface area contributed by atoms with Gasteiger partial charge in [0.25, 0.3) is 5.92 Å². The van der Waals surface area contributed by atoms with E-state index in [1.165, 1.54) is 42.3 Å². The van der Waals surface area contributed by atoms with E-state index in [0.717, 1.165) is 11.0 Å². The normalized spacial score (nSPS) is 23.2. The van der Waals surface area contributed by atoms with E-state index in [1.54, 1.807) is 12.1 Å². The number of halogens is 4. The number of carbonyl (C=O) groups excluding carboxylic acids is 2. The van der Waals surface area contributed by atoms with Crippen molar-refractivity contribution in [3.05, 3.63) is 64.9 Å². The topological polar surface area (TPSA) is 108 Å². The minimum atomic E-state index is -2.88. The number of nitrogens with two attached hydrogens (primary N) is 1. The molecule has 200 valence electrons. The molecule has 0 aromatic heterocycles. The van der Waals surface area contributed by atoms with Crippen LogP contribution in [-0.4, -0.2) is 65.9 Å². The molecule has 4 rings (SSSR count). The molecule has 12 heteroatoms. The lowest BCUT2D eigenvalue weighted by Crippen LogP contribution is -2.56. The van der Waals surface area contributed by atoms with Crippen molar-refractivity contribution in [2.45, 2.75) is 55.8 Å². The Kier molecular flexibility index (Phi) is 8.10. The molecule has 2 aromatic rings. The van der Waals surface area contributed by atoms with Crippen molar-refractivity contribution >= 4 is 29.1 Å². The lowest BCUT2D eigenvalue weighted by Gasteiger charge is -2.39. The third kappa shape index (κ3) is 5.91. The van der Waals surface area contributed by atoms with Gasteiger partial charge in [-0.15, -0.1) is 0 Å². The second-order valence-corrected chi connectivity index (χ2v) is 9.76. The van der Waals surface area contributed by atoms with E-state index in [9.17, 15) is 27.9 Å². The summed E-state index contributed by atoms with van der Waals surface area (Å²) in [5, 5.41) is 13.1. The van der Waals surface area contributed by atoms with Crippen LogP contribution in [0.4, 0.5) is 18.9 Å². The van der Waals surface area contributed by atoms with Gasteiger partial charge < -0.3 is 20.9 Å². The molecule has 2 aromatic carbocycles. The van der Waals surface area contributed by atoms with Gasteiger partial charge in [0.2, 0.25) is 18.2 Å². The SMILES string of the molecule is COC(O)N1C[C@@H](N)C[C@H]1C(=O)N(c1cccc(F)c1)[C@H](C(=O)NC1CC(F)(F)C1)c1ccccc1Cl. The smallest absolute Gasteiger partial charge is 0.252 e. The number of nitrogens with one attached hydrogen (secondary N) is 1. The Morgan fingerprint density at radius 1 is 1.24 bits per heavy atom. The van der Waals surface area contributed by atoms with Crippen LogP contribution in [0.25, 0.3) is 0 Å². The van der Waals surface area contributed by atoms with E-state index in [0.29, 0.717) is 0 Å². The number of rotatable bonds is 8. The van der Waals surface area contributed by atoms with Crippen molar-refractivity contribution in [3.8, 4) is 0 Å². The zero-order chi connectivity index (χ0) is 26.9. The molecule has 8 nitrogen and oxygen atoms in total. The van der Waals surface area contributed by atoms with Crippen LogP contribution in [-0.2, 0) is 14.3 Å². The first kappa shape index (κ1) is 27.3. The predicted octanol–water partition coefficient (Wildman–Crippen LogP) is 2.79. The van der Waals surface area contributed by atoms with Gasteiger partial charge in [-0.25, -0.2) is 18.1 Å². The molecule has 1 saturated carbocycles. The lowest BCUT2D eigenvalue weighted by molar-refractivity contribution is -0.184. The van der Waals surface area contributed by atoms with Gasteiger partial charge in [0.05, 0.1) is 6.04 Å². The second-order valence-electron chi connectivity index (χ2n) is 9.35. The van der Waals surface area contributed by atoms with Gasteiger partial charge in [-0.1, -0.05) is 35.9 Å². The molecular formula is C25H28ClF3N4O4. The Morgan fingerprint density at radius 2 is 1.95 bits per heavy atom. The largest absolute Gasteiger partial charge is 0.356 e. The van der Waals surface area contributed by atoms with Crippen LogP contribution in [0, 0.1) is 5.82 Å². The van der Waals surface area contributed by atoms with Crippen LogP contribution < -0.4 is 16.0 Å². The number of likely N-dealkylation sites (tertiary alicyclic amines) is 1. The monoisotopic (exact) mass is 540 g/mol. The Hall–Kier alpha value is -2.70. The van der Waals surface area contributed by atoms with Crippen molar-refractivity contribution < 1.29 is 32.6 Å². The Bertz CT molecular complexity index is 1150. The second kappa shape index (κ2) is 11.0. The molecule has 4 N–H and O–H groups in total. The number of aliphatic hydroxyl groups excluding tert-OH is 1. The fourth-order valence-electron chi connectivity index (χ4n) is 4.84. The van der Waals surface area contributed by atoms with Crippen molar-refractivity contribution in [2.75, 3.05) is 18.6 Å². The molecule has 2 fully saturated rings. The van der Waals surface area contributed by atoms with E-state index >= 15 is 0 Å². The van der Waals surface area contributed by atoms with Gasteiger partial charge in [0.15, 0.2) is 0 Å². The average Bonchev–Trinajstić information content (AvgIpc) is 3.22. The molecule has 2 aliphatic rings. The van der Waals surface area contributed by atoms with Crippen LogP contribution in [0.15, 0.2) is 48.5 Å². The highest BCUT2D eigenvalue weighted by molar-refractivity contribution is 6.31. The Balaban J connectivity index is 1.80. The van der Waals surface area contributed by atoms with Crippen LogP contribution in [0.5, 0.6) is 0 Å². The first-order valence-corrected chi connectivity index (χ1v) is 12.1. The number of amides is 2. The molecule has 1 aliphatic carbocycles. The Labute approximate surface area is 217 Å². The highest BCUT2D eigenvalue weighted by Crippen LogP contribution is 2.39. The summed E-state index contributed by atoms with van der Waals surface area (Å²) in [6.45, 7) is 0.127. The third-order valence-electron chi connectivity index (χ3n) is 6.62. The van der Waals surface area contributed by atoms with E-state index < -0.39 is 67.0 Å². The summed E-state index contributed by atoms with van der Waals surface area (Å²) in [5.41, 5.74) is 6.34. The minimum absolute atomic E-state index is 0.0383. The van der Waals surface area contributed by atoms with Gasteiger partial charge in [-0.2, -0.15) is 0 Å². The van der Waals surface area contributed by atoms with Crippen molar-refractivity contribution in [1.82, 2.24) is 10.2 Å². The zero-order valence-corrected chi connectivity index (χ0v) is 20.7. The molecule has 1 unspecified atom stereocenters.